The molecule has 15 heavy (non-hydrogen) atoms. The molecule has 2 atom stereocenters. The van der Waals surface area contributed by atoms with E-state index in [-0.39, 0.29) is 12.1 Å². The number of nitrogens with zero attached hydrogens (tertiary/aromatic N) is 1. The molecular weight excluding hydrogens is 210 g/mol. The maximum atomic E-state index is 11.0. The zero-order valence-corrected chi connectivity index (χ0v) is 9.54. The number of carboxylic acids is 1. The van der Waals surface area contributed by atoms with Crippen molar-refractivity contribution in [3.05, 3.63) is 22.4 Å². The summed E-state index contributed by atoms with van der Waals surface area (Å²) < 4.78 is 0. The zero-order valence-electron chi connectivity index (χ0n) is 8.72. The third kappa shape index (κ3) is 2.06. The first-order chi connectivity index (χ1) is 7.20. The highest BCUT2D eigenvalue weighted by molar-refractivity contribution is 7.10. The van der Waals surface area contributed by atoms with E-state index in [9.17, 15) is 4.79 Å². The molecule has 0 amide bonds. The molecule has 1 fully saturated rings. The van der Waals surface area contributed by atoms with Gasteiger partial charge >= 0.3 is 5.97 Å². The summed E-state index contributed by atoms with van der Waals surface area (Å²) >= 11 is 1.70. The van der Waals surface area contributed by atoms with Gasteiger partial charge in [-0.25, -0.2) is 0 Å². The minimum atomic E-state index is -0.684. The smallest absolute Gasteiger partial charge is 0.320 e. The summed E-state index contributed by atoms with van der Waals surface area (Å²) in [6, 6.07) is 4.03. The Labute approximate surface area is 93.3 Å². The van der Waals surface area contributed by atoms with Crippen molar-refractivity contribution in [2.75, 3.05) is 6.54 Å². The molecule has 1 N–H and O–H groups in total. The van der Waals surface area contributed by atoms with Crippen LogP contribution in [0.2, 0.25) is 0 Å². The first-order valence-corrected chi connectivity index (χ1v) is 6.10. The minimum absolute atomic E-state index is 0.230. The fourth-order valence-electron chi connectivity index (χ4n) is 2.21. The van der Waals surface area contributed by atoms with Gasteiger partial charge in [0.15, 0.2) is 0 Å². The molecule has 2 heterocycles. The molecule has 0 aromatic carbocycles. The lowest BCUT2D eigenvalue weighted by atomic mass is 10.2. The normalized spacial score (nSPS) is 24.2. The average Bonchev–Trinajstić information content (AvgIpc) is 2.88. The van der Waals surface area contributed by atoms with Crippen LogP contribution in [0.5, 0.6) is 0 Å². The molecule has 1 aromatic rings. The van der Waals surface area contributed by atoms with Crippen molar-refractivity contribution >= 4 is 17.3 Å². The monoisotopic (exact) mass is 225 g/mol. The summed E-state index contributed by atoms with van der Waals surface area (Å²) in [4.78, 5) is 14.4. The molecule has 1 aromatic heterocycles. The van der Waals surface area contributed by atoms with Crippen molar-refractivity contribution in [1.29, 1.82) is 0 Å². The fraction of sp³-hybridized carbons (Fsp3) is 0.545. The van der Waals surface area contributed by atoms with Gasteiger partial charge < -0.3 is 5.11 Å². The van der Waals surface area contributed by atoms with E-state index in [4.69, 9.17) is 5.11 Å². The molecule has 2 rings (SSSR count). The Balaban J connectivity index is 2.13. The van der Waals surface area contributed by atoms with E-state index in [1.54, 1.807) is 11.3 Å². The predicted molar refractivity (Wildman–Crippen MR) is 60.1 cm³/mol. The Bertz CT molecular complexity index is 336. The summed E-state index contributed by atoms with van der Waals surface area (Å²) in [6.45, 7) is 2.99. The van der Waals surface area contributed by atoms with Gasteiger partial charge in [0.05, 0.1) is 0 Å². The highest BCUT2D eigenvalue weighted by atomic mass is 32.1. The van der Waals surface area contributed by atoms with Gasteiger partial charge in [-0.3, -0.25) is 9.69 Å². The molecule has 0 saturated carbocycles. The molecule has 1 unspecified atom stereocenters. The maximum Gasteiger partial charge on any atom is 0.320 e. The van der Waals surface area contributed by atoms with Gasteiger partial charge in [0.1, 0.15) is 6.04 Å². The highest BCUT2D eigenvalue weighted by Gasteiger charge is 2.34. The van der Waals surface area contributed by atoms with Crippen LogP contribution >= 0.6 is 11.3 Å². The summed E-state index contributed by atoms with van der Waals surface area (Å²) in [5, 5.41) is 11.1. The van der Waals surface area contributed by atoms with Gasteiger partial charge in [-0.05, 0) is 37.8 Å². The molecule has 1 saturated heterocycles. The summed E-state index contributed by atoms with van der Waals surface area (Å²) in [6.07, 6.45) is 1.78. The Hall–Kier alpha value is -0.870. The van der Waals surface area contributed by atoms with Crippen molar-refractivity contribution in [1.82, 2.24) is 4.90 Å². The van der Waals surface area contributed by atoms with Crippen LogP contribution in [0.25, 0.3) is 0 Å². The van der Waals surface area contributed by atoms with E-state index in [1.807, 2.05) is 11.4 Å². The molecule has 0 radical (unpaired) electrons. The van der Waals surface area contributed by atoms with E-state index in [0.717, 1.165) is 19.4 Å². The number of hydrogen-bond acceptors (Lipinski definition) is 3. The predicted octanol–water partition coefficient (Wildman–Crippen LogP) is 2.36. The second kappa shape index (κ2) is 4.33. The van der Waals surface area contributed by atoms with E-state index in [1.165, 1.54) is 4.88 Å². The van der Waals surface area contributed by atoms with Crippen LogP contribution in [0.15, 0.2) is 17.5 Å². The number of likely N-dealkylation sites (tertiary alicyclic amines) is 1. The highest BCUT2D eigenvalue weighted by Crippen LogP contribution is 2.31. The van der Waals surface area contributed by atoms with Crippen molar-refractivity contribution in [3.8, 4) is 0 Å². The topological polar surface area (TPSA) is 40.5 Å². The van der Waals surface area contributed by atoms with E-state index < -0.39 is 5.97 Å². The standard InChI is InChI=1S/C11H15NO2S/c1-8(10-5-3-7-15-10)12-6-2-4-9(12)11(13)14/h3,5,7-9H,2,4,6H2,1H3,(H,13,14)/t8?,9-/m0/s1. The lowest BCUT2D eigenvalue weighted by Gasteiger charge is -2.27. The summed E-state index contributed by atoms with van der Waals surface area (Å²) in [5.41, 5.74) is 0. The Morgan fingerprint density at radius 1 is 1.73 bits per heavy atom. The van der Waals surface area contributed by atoms with Gasteiger partial charge in [-0.2, -0.15) is 0 Å². The number of carboxylic acid groups (broad SMARTS) is 1. The van der Waals surface area contributed by atoms with Crippen molar-refractivity contribution < 1.29 is 9.90 Å². The van der Waals surface area contributed by atoms with Crippen molar-refractivity contribution in [2.45, 2.75) is 31.8 Å². The van der Waals surface area contributed by atoms with Crippen LogP contribution in [0.4, 0.5) is 0 Å². The lowest BCUT2D eigenvalue weighted by Crippen LogP contribution is -2.37. The van der Waals surface area contributed by atoms with Gasteiger partial charge in [0, 0.05) is 10.9 Å². The minimum Gasteiger partial charge on any atom is -0.480 e. The van der Waals surface area contributed by atoms with Crippen molar-refractivity contribution in [2.24, 2.45) is 0 Å². The van der Waals surface area contributed by atoms with Crippen LogP contribution in [0.1, 0.15) is 30.7 Å². The molecule has 4 heteroatoms. The molecule has 0 spiro atoms. The van der Waals surface area contributed by atoms with Gasteiger partial charge in [0.2, 0.25) is 0 Å². The fourth-order valence-corrected chi connectivity index (χ4v) is 3.01. The number of hydrogen-bond donors (Lipinski definition) is 1. The second-order valence-corrected chi connectivity index (χ2v) is 4.90. The average molecular weight is 225 g/mol. The van der Waals surface area contributed by atoms with Crippen molar-refractivity contribution in [3.63, 3.8) is 0 Å². The maximum absolute atomic E-state index is 11.0. The molecular formula is C11H15NO2S. The van der Waals surface area contributed by atoms with Crippen LogP contribution in [-0.2, 0) is 4.79 Å². The lowest BCUT2D eigenvalue weighted by molar-refractivity contribution is -0.142. The molecule has 0 bridgehead atoms. The zero-order chi connectivity index (χ0) is 10.8. The second-order valence-electron chi connectivity index (χ2n) is 3.93. The van der Waals surface area contributed by atoms with Crippen LogP contribution in [0.3, 0.4) is 0 Å². The number of thiophene rings is 1. The molecule has 1 aliphatic rings. The summed E-state index contributed by atoms with van der Waals surface area (Å²) in [7, 11) is 0. The quantitative estimate of drug-likeness (QED) is 0.858. The number of carbonyl (C=O) groups is 1. The Kier molecular flexibility index (Phi) is 3.07. The van der Waals surface area contributed by atoms with Crippen LogP contribution < -0.4 is 0 Å². The first-order valence-electron chi connectivity index (χ1n) is 5.22. The summed E-state index contributed by atoms with van der Waals surface area (Å²) in [5.74, 6) is -0.684. The third-order valence-electron chi connectivity index (χ3n) is 3.03. The molecule has 1 aliphatic heterocycles. The Morgan fingerprint density at radius 2 is 2.53 bits per heavy atom. The first kappa shape index (κ1) is 10.6. The van der Waals surface area contributed by atoms with E-state index in [2.05, 4.69) is 17.9 Å². The largest absolute Gasteiger partial charge is 0.480 e. The van der Waals surface area contributed by atoms with Gasteiger partial charge in [-0.15, -0.1) is 11.3 Å². The van der Waals surface area contributed by atoms with E-state index in [0.29, 0.717) is 0 Å². The Morgan fingerprint density at radius 3 is 3.13 bits per heavy atom. The molecule has 82 valence electrons. The van der Waals surface area contributed by atoms with Gasteiger partial charge in [0.25, 0.3) is 0 Å². The van der Waals surface area contributed by atoms with Gasteiger partial charge in [-0.1, -0.05) is 6.07 Å². The number of aliphatic carboxylic acids is 1. The number of rotatable bonds is 3. The molecule has 3 nitrogen and oxygen atoms in total. The SMILES string of the molecule is CC(c1cccs1)N1CCC[C@H]1C(=O)O. The van der Waals surface area contributed by atoms with Crippen LogP contribution in [-0.4, -0.2) is 28.6 Å². The third-order valence-corrected chi connectivity index (χ3v) is 4.07. The van der Waals surface area contributed by atoms with Crippen LogP contribution in [0, 0.1) is 0 Å². The van der Waals surface area contributed by atoms with E-state index >= 15 is 0 Å². The molecule has 0 aliphatic carbocycles.